The lowest BCUT2D eigenvalue weighted by Gasteiger charge is -2.40. The number of alkyl halides is 3. The quantitative estimate of drug-likeness (QED) is 0.576. The molecule has 3 atom stereocenters. The first-order valence-corrected chi connectivity index (χ1v) is 12.8. The minimum Gasteiger partial charge on any atom is -0.387 e. The van der Waals surface area contributed by atoms with E-state index >= 15 is 0 Å². The molecule has 9 heteroatoms. The van der Waals surface area contributed by atoms with Crippen molar-refractivity contribution in [3.8, 4) is 0 Å². The maximum atomic E-state index is 13.0. The van der Waals surface area contributed by atoms with Crippen molar-refractivity contribution in [3.05, 3.63) is 35.4 Å². The Balaban J connectivity index is 1.33. The van der Waals surface area contributed by atoms with Crippen molar-refractivity contribution in [2.45, 2.75) is 75.5 Å². The molecule has 2 saturated heterocycles. The lowest BCUT2D eigenvalue weighted by molar-refractivity contribution is -0.184. The van der Waals surface area contributed by atoms with Crippen LogP contribution in [0.5, 0.6) is 0 Å². The van der Waals surface area contributed by atoms with Crippen molar-refractivity contribution >= 4 is 11.8 Å². The van der Waals surface area contributed by atoms with Gasteiger partial charge >= 0.3 is 6.18 Å². The topological polar surface area (TPSA) is 86.9 Å². The Morgan fingerprint density at radius 2 is 1.71 bits per heavy atom. The van der Waals surface area contributed by atoms with Crippen LogP contribution in [-0.4, -0.2) is 71.2 Å². The van der Waals surface area contributed by atoms with Gasteiger partial charge in [-0.2, -0.15) is 13.2 Å². The minimum atomic E-state index is -4.14. The number of piperidine rings is 1. The SMILES string of the molecule is NC(=O)c1cccc(C2C[C@H]3CC[C@@H](C2)N3CCN(CC2CCC(C(F)(F)F)CC2)C(=O)CO)c1. The van der Waals surface area contributed by atoms with E-state index in [9.17, 15) is 27.9 Å². The first-order valence-electron chi connectivity index (χ1n) is 12.8. The van der Waals surface area contributed by atoms with Crippen LogP contribution in [0.4, 0.5) is 13.2 Å². The number of primary amides is 1. The first-order chi connectivity index (χ1) is 16.7. The number of aliphatic hydroxyl groups is 1. The van der Waals surface area contributed by atoms with Gasteiger partial charge in [-0.25, -0.2) is 0 Å². The van der Waals surface area contributed by atoms with Crippen LogP contribution in [0.15, 0.2) is 24.3 Å². The van der Waals surface area contributed by atoms with Crippen LogP contribution < -0.4 is 5.73 Å². The molecule has 1 unspecified atom stereocenters. The molecule has 0 aromatic heterocycles. The number of hydrogen-bond donors (Lipinski definition) is 2. The zero-order chi connectivity index (χ0) is 25.2. The average molecular weight is 496 g/mol. The van der Waals surface area contributed by atoms with Gasteiger partial charge in [-0.15, -0.1) is 0 Å². The molecular weight excluding hydrogens is 459 g/mol. The highest BCUT2D eigenvalue weighted by atomic mass is 19.4. The van der Waals surface area contributed by atoms with E-state index < -0.39 is 24.6 Å². The lowest BCUT2D eigenvalue weighted by Crippen LogP contribution is -2.48. The molecule has 0 radical (unpaired) electrons. The van der Waals surface area contributed by atoms with Gasteiger partial charge in [0.2, 0.25) is 11.8 Å². The number of rotatable bonds is 8. The van der Waals surface area contributed by atoms with Gasteiger partial charge in [0, 0.05) is 37.3 Å². The standard InChI is InChI=1S/C26H36F3N3O3/c27-26(28,29)21-6-4-17(5-7-21)15-31(24(34)16-33)10-11-32-22-8-9-23(32)14-20(13-22)18-2-1-3-19(12-18)25(30)35/h1-3,12,17,20-23,33H,4-11,13-16H2,(H2,30,35)/t17?,20?,21?,22-,23+. The Labute approximate surface area is 204 Å². The van der Waals surface area contributed by atoms with Crippen LogP contribution in [0.2, 0.25) is 0 Å². The summed E-state index contributed by atoms with van der Waals surface area (Å²) in [6.45, 7) is 1.01. The van der Waals surface area contributed by atoms with Gasteiger partial charge in [-0.05, 0) is 80.9 Å². The molecule has 3 N–H and O–H groups in total. The third-order valence-electron chi connectivity index (χ3n) is 8.43. The summed E-state index contributed by atoms with van der Waals surface area (Å²) in [6, 6.07) is 8.36. The molecule has 6 nitrogen and oxygen atoms in total. The smallest absolute Gasteiger partial charge is 0.387 e. The highest BCUT2D eigenvalue weighted by Crippen LogP contribution is 2.43. The summed E-state index contributed by atoms with van der Waals surface area (Å²) in [4.78, 5) is 28.1. The molecule has 3 aliphatic rings. The maximum Gasteiger partial charge on any atom is 0.391 e. The molecule has 3 fully saturated rings. The number of halogens is 3. The normalized spacial score (nSPS) is 29.2. The van der Waals surface area contributed by atoms with Crippen LogP contribution in [0.1, 0.15) is 73.2 Å². The predicted octanol–water partition coefficient (Wildman–Crippen LogP) is 3.69. The van der Waals surface area contributed by atoms with Crippen molar-refractivity contribution in [1.29, 1.82) is 0 Å². The molecule has 2 aliphatic heterocycles. The molecule has 35 heavy (non-hydrogen) atoms. The highest BCUT2D eigenvalue weighted by Gasteiger charge is 2.43. The number of carbonyl (C=O) groups excluding carboxylic acids is 2. The number of fused-ring (bicyclic) bond motifs is 2. The van der Waals surface area contributed by atoms with E-state index in [0.29, 0.717) is 56.0 Å². The highest BCUT2D eigenvalue weighted by molar-refractivity contribution is 5.92. The van der Waals surface area contributed by atoms with Crippen LogP contribution in [0, 0.1) is 11.8 Å². The second-order valence-corrected chi connectivity index (χ2v) is 10.5. The molecule has 1 aliphatic carbocycles. The molecule has 2 amide bonds. The Hall–Kier alpha value is -2.13. The van der Waals surface area contributed by atoms with E-state index in [1.165, 1.54) is 0 Å². The largest absolute Gasteiger partial charge is 0.391 e. The predicted molar refractivity (Wildman–Crippen MR) is 126 cm³/mol. The second-order valence-electron chi connectivity index (χ2n) is 10.5. The monoisotopic (exact) mass is 495 g/mol. The van der Waals surface area contributed by atoms with E-state index in [1.54, 1.807) is 11.0 Å². The molecule has 2 heterocycles. The van der Waals surface area contributed by atoms with Gasteiger partial charge in [-0.1, -0.05) is 12.1 Å². The van der Waals surface area contributed by atoms with Crippen LogP contribution in [-0.2, 0) is 4.79 Å². The second kappa shape index (κ2) is 10.9. The van der Waals surface area contributed by atoms with E-state index in [-0.39, 0.29) is 24.7 Å². The third-order valence-corrected chi connectivity index (χ3v) is 8.43. The number of nitrogens with zero attached hydrogens (tertiary/aromatic N) is 2. The van der Waals surface area contributed by atoms with E-state index in [1.807, 2.05) is 12.1 Å². The number of aliphatic hydroxyl groups excluding tert-OH is 1. The summed E-state index contributed by atoms with van der Waals surface area (Å²) in [5.74, 6) is -1.60. The summed E-state index contributed by atoms with van der Waals surface area (Å²) in [7, 11) is 0. The molecular formula is C26H36F3N3O3. The van der Waals surface area contributed by atoms with Gasteiger partial charge in [0.25, 0.3) is 0 Å². The molecule has 1 aromatic carbocycles. The molecule has 4 rings (SSSR count). The summed E-state index contributed by atoms with van der Waals surface area (Å²) < 4.78 is 39.0. The number of hydrogen-bond acceptors (Lipinski definition) is 4. The Morgan fingerprint density at radius 1 is 1.06 bits per heavy atom. The van der Waals surface area contributed by atoms with E-state index in [4.69, 9.17) is 5.73 Å². The number of carbonyl (C=O) groups is 2. The molecule has 1 aromatic rings. The van der Waals surface area contributed by atoms with Crippen LogP contribution in [0.25, 0.3) is 0 Å². The zero-order valence-electron chi connectivity index (χ0n) is 20.1. The molecule has 194 valence electrons. The van der Waals surface area contributed by atoms with E-state index in [0.717, 1.165) is 31.2 Å². The van der Waals surface area contributed by atoms with Gasteiger partial charge < -0.3 is 15.7 Å². The summed E-state index contributed by atoms with van der Waals surface area (Å²) in [6.07, 6.45) is 1.15. The summed E-state index contributed by atoms with van der Waals surface area (Å²) >= 11 is 0. The summed E-state index contributed by atoms with van der Waals surface area (Å²) in [5.41, 5.74) is 7.12. The minimum absolute atomic E-state index is 0.0455. The number of nitrogens with two attached hydrogens (primary N) is 1. The van der Waals surface area contributed by atoms with Crippen molar-refractivity contribution in [3.63, 3.8) is 0 Å². The van der Waals surface area contributed by atoms with Gasteiger partial charge in [-0.3, -0.25) is 14.5 Å². The van der Waals surface area contributed by atoms with Crippen molar-refractivity contribution in [2.75, 3.05) is 26.2 Å². The Kier molecular flexibility index (Phi) is 8.06. The maximum absolute atomic E-state index is 13.0. The fourth-order valence-electron chi connectivity index (χ4n) is 6.50. The molecule has 1 saturated carbocycles. The van der Waals surface area contributed by atoms with Crippen molar-refractivity contribution in [1.82, 2.24) is 9.80 Å². The third kappa shape index (κ3) is 6.17. The van der Waals surface area contributed by atoms with Crippen molar-refractivity contribution < 1.29 is 27.9 Å². The fourth-order valence-corrected chi connectivity index (χ4v) is 6.50. The fraction of sp³-hybridized carbons (Fsp3) is 0.692. The Morgan fingerprint density at radius 3 is 2.29 bits per heavy atom. The van der Waals surface area contributed by atoms with Gasteiger partial charge in [0.05, 0.1) is 5.92 Å². The first kappa shape index (κ1) is 25.9. The number of benzene rings is 1. The summed E-state index contributed by atoms with van der Waals surface area (Å²) in [5, 5.41) is 9.47. The lowest BCUT2D eigenvalue weighted by atomic mass is 9.81. The average Bonchev–Trinajstić information content (AvgIpc) is 3.07. The van der Waals surface area contributed by atoms with Crippen LogP contribution in [0.3, 0.4) is 0 Å². The van der Waals surface area contributed by atoms with Gasteiger partial charge in [0.1, 0.15) is 6.61 Å². The van der Waals surface area contributed by atoms with Gasteiger partial charge in [0.15, 0.2) is 0 Å². The Bertz CT molecular complexity index is 887. The number of amides is 2. The molecule has 2 bridgehead atoms. The zero-order valence-corrected chi connectivity index (χ0v) is 20.1. The van der Waals surface area contributed by atoms with Crippen LogP contribution >= 0.6 is 0 Å². The molecule has 0 spiro atoms. The van der Waals surface area contributed by atoms with Crippen molar-refractivity contribution in [2.24, 2.45) is 17.6 Å². The van der Waals surface area contributed by atoms with E-state index in [2.05, 4.69) is 11.0 Å².